The second kappa shape index (κ2) is 6.72. The molecule has 0 spiro atoms. The summed E-state index contributed by atoms with van der Waals surface area (Å²) in [6, 6.07) is 9.56. The Morgan fingerprint density at radius 1 is 1.22 bits per heavy atom. The van der Waals surface area contributed by atoms with Crippen molar-refractivity contribution in [2.45, 2.75) is 45.6 Å². The maximum absolute atomic E-state index is 3.70. The van der Waals surface area contributed by atoms with Crippen LogP contribution in [0.15, 0.2) is 28.7 Å². The number of hydrogen-bond acceptors (Lipinski definition) is 1. The average molecular weight is 310 g/mol. The average Bonchev–Trinajstić information content (AvgIpc) is 2.71. The van der Waals surface area contributed by atoms with Crippen LogP contribution >= 0.6 is 15.9 Å². The third-order valence-corrected chi connectivity index (χ3v) is 4.82. The molecule has 1 saturated carbocycles. The van der Waals surface area contributed by atoms with Crippen LogP contribution in [0.4, 0.5) is 0 Å². The van der Waals surface area contributed by atoms with E-state index in [4.69, 9.17) is 0 Å². The third-order valence-electron chi connectivity index (χ3n) is 4.29. The van der Waals surface area contributed by atoms with E-state index in [9.17, 15) is 0 Å². The molecular formula is C16H24BrN. The first-order valence-corrected chi connectivity index (χ1v) is 7.97. The summed E-state index contributed by atoms with van der Waals surface area (Å²) in [5.74, 6) is 1.65. The fourth-order valence-electron chi connectivity index (χ4n) is 3.08. The van der Waals surface area contributed by atoms with Gasteiger partial charge in [0.15, 0.2) is 0 Å². The predicted molar refractivity (Wildman–Crippen MR) is 81.8 cm³/mol. The molecule has 0 heterocycles. The van der Waals surface area contributed by atoms with Crippen LogP contribution in [0.1, 0.15) is 38.7 Å². The molecule has 3 unspecified atom stereocenters. The Balaban J connectivity index is 1.89. The maximum Gasteiger partial charge on any atom is 0.0175 e. The zero-order valence-corrected chi connectivity index (χ0v) is 13.0. The first kappa shape index (κ1) is 14.1. The molecule has 2 heteroatoms. The molecule has 1 aliphatic rings. The molecule has 100 valence electrons. The van der Waals surface area contributed by atoms with E-state index in [1.165, 1.54) is 42.3 Å². The van der Waals surface area contributed by atoms with E-state index in [2.05, 4.69) is 59.4 Å². The minimum absolute atomic E-state index is 0.741. The van der Waals surface area contributed by atoms with Crippen LogP contribution in [0, 0.1) is 11.8 Å². The number of nitrogens with one attached hydrogen (secondary N) is 1. The lowest BCUT2D eigenvalue weighted by Crippen LogP contribution is -2.33. The second-order valence-corrected chi connectivity index (χ2v) is 6.50. The van der Waals surface area contributed by atoms with Crippen LogP contribution < -0.4 is 5.32 Å². The van der Waals surface area contributed by atoms with Gasteiger partial charge in [0.05, 0.1) is 0 Å². The van der Waals surface area contributed by atoms with Crippen LogP contribution in [0.5, 0.6) is 0 Å². The molecule has 2 rings (SSSR count). The highest BCUT2D eigenvalue weighted by atomic mass is 79.9. The molecule has 0 amide bonds. The lowest BCUT2D eigenvalue weighted by atomic mass is 9.89. The first-order valence-electron chi connectivity index (χ1n) is 7.18. The van der Waals surface area contributed by atoms with E-state index in [0.717, 1.165) is 17.9 Å². The lowest BCUT2D eigenvalue weighted by molar-refractivity contribution is 0.351. The Kier molecular flexibility index (Phi) is 5.25. The molecule has 0 bridgehead atoms. The van der Waals surface area contributed by atoms with Gasteiger partial charge >= 0.3 is 0 Å². The Morgan fingerprint density at radius 2 is 1.94 bits per heavy atom. The molecule has 1 N–H and O–H groups in total. The monoisotopic (exact) mass is 309 g/mol. The van der Waals surface area contributed by atoms with Gasteiger partial charge in [-0.05, 0) is 61.8 Å². The van der Waals surface area contributed by atoms with Crippen LogP contribution in [0.2, 0.25) is 0 Å². The molecule has 0 aliphatic heterocycles. The second-order valence-electron chi connectivity index (χ2n) is 5.59. The van der Waals surface area contributed by atoms with Crippen molar-refractivity contribution in [1.82, 2.24) is 5.32 Å². The van der Waals surface area contributed by atoms with Crippen LogP contribution in [0.3, 0.4) is 0 Å². The standard InChI is InChI=1S/C16H24BrN/c1-3-10-18-16-9-6-14(12(16)2)11-13-4-7-15(17)8-5-13/h4-5,7-8,12,14,16,18H,3,6,9-11H2,1-2H3. The predicted octanol–water partition coefficient (Wildman–Crippen LogP) is 4.41. The molecule has 18 heavy (non-hydrogen) atoms. The van der Waals surface area contributed by atoms with E-state index in [-0.39, 0.29) is 0 Å². The van der Waals surface area contributed by atoms with Crippen molar-refractivity contribution >= 4 is 15.9 Å². The number of hydrogen-bond donors (Lipinski definition) is 1. The summed E-state index contributed by atoms with van der Waals surface area (Å²) in [6.07, 6.45) is 5.19. The highest BCUT2D eigenvalue weighted by Gasteiger charge is 2.31. The van der Waals surface area contributed by atoms with Crippen molar-refractivity contribution in [2.24, 2.45) is 11.8 Å². The van der Waals surface area contributed by atoms with Crippen molar-refractivity contribution in [3.63, 3.8) is 0 Å². The molecule has 1 aromatic rings. The summed E-state index contributed by atoms with van der Waals surface area (Å²) in [7, 11) is 0. The number of rotatable bonds is 5. The first-order chi connectivity index (χ1) is 8.70. The summed E-state index contributed by atoms with van der Waals surface area (Å²) in [6.45, 7) is 5.83. The quantitative estimate of drug-likeness (QED) is 0.849. The van der Waals surface area contributed by atoms with Crippen LogP contribution in [0.25, 0.3) is 0 Å². The Labute approximate surface area is 119 Å². The van der Waals surface area contributed by atoms with E-state index in [1.54, 1.807) is 0 Å². The van der Waals surface area contributed by atoms with Crippen LogP contribution in [-0.4, -0.2) is 12.6 Å². The van der Waals surface area contributed by atoms with E-state index in [0.29, 0.717) is 0 Å². The molecule has 1 aliphatic carbocycles. The smallest absolute Gasteiger partial charge is 0.0175 e. The van der Waals surface area contributed by atoms with Gasteiger partial charge in [-0.3, -0.25) is 0 Å². The molecule has 0 aromatic heterocycles. The lowest BCUT2D eigenvalue weighted by Gasteiger charge is -2.21. The summed E-state index contributed by atoms with van der Waals surface area (Å²) in [4.78, 5) is 0. The molecular weight excluding hydrogens is 286 g/mol. The van der Waals surface area contributed by atoms with Gasteiger partial charge in [0, 0.05) is 10.5 Å². The van der Waals surface area contributed by atoms with Crippen molar-refractivity contribution in [2.75, 3.05) is 6.54 Å². The summed E-state index contributed by atoms with van der Waals surface area (Å²) in [5.41, 5.74) is 1.48. The fraction of sp³-hybridized carbons (Fsp3) is 0.625. The van der Waals surface area contributed by atoms with E-state index < -0.39 is 0 Å². The zero-order chi connectivity index (χ0) is 13.0. The zero-order valence-electron chi connectivity index (χ0n) is 11.5. The van der Waals surface area contributed by atoms with E-state index in [1.807, 2.05) is 0 Å². The Morgan fingerprint density at radius 3 is 2.61 bits per heavy atom. The SMILES string of the molecule is CCCNC1CCC(Cc2ccc(Br)cc2)C1C. The van der Waals surface area contributed by atoms with Crippen molar-refractivity contribution < 1.29 is 0 Å². The van der Waals surface area contributed by atoms with Gasteiger partial charge in [0.2, 0.25) is 0 Å². The van der Waals surface area contributed by atoms with E-state index >= 15 is 0 Å². The molecule has 1 aromatic carbocycles. The topological polar surface area (TPSA) is 12.0 Å². The molecule has 0 saturated heterocycles. The molecule has 3 atom stereocenters. The highest BCUT2D eigenvalue weighted by Crippen LogP contribution is 2.34. The molecule has 1 fully saturated rings. The minimum Gasteiger partial charge on any atom is -0.314 e. The minimum atomic E-state index is 0.741. The van der Waals surface area contributed by atoms with Gasteiger partial charge in [0.1, 0.15) is 0 Å². The largest absolute Gasteiger partial charge is 0.314 e. The third kappa shape index (κ3) is 3.58. The normalized spacial score (nSPS) is 27.6. The van der Waals surface area contributed by atoms with Gasteiger partial charge < -0.3 is 5.32 Å². The highest BCUT2D eigenvalue weighted by molar-refractivity contribution is 9.10. The van der Waals surface area contributed by atoms with Crippen molar-refractivity contribution in [1.29, 1.82) is 0 Å². The van der Waals surface area contributed by atoms with Crippen molar-refractivity contribution in [3.05, 3.63) is 34.3 Å². The number of benzene rings is 1. The van der Waals surface area contributed by atoms with Gasteiger partial charge in [-0.25, -0.2) is 0 Å². The maximum atomic E-state index is 3.70. The van der Waals surface area contributed by atoms with Gasteiger partial charge in [-0.15, -0.1) is 0 Å². The Hall–Kier alpha value is -0.340. The van der Waals surface area contributed by atoms with Crippen LogP contribution in [-0.2, 0) is 6.42 Å². The van der Waals surface area contributed by atoms with Gasteiger partial charge in [0.25, 0.3) is 0 Å². The fourth-order valence-corrected chi connectivity index (χ4v) is 3.34. The van der Waals surface area contributed by atoms with Gasteiger partial charge in [-0.1, -0.05) is 41.9 Å². The number of halogens is 1. The summed E-state index contributed by atoms with van der Waals surface area (Å²) in [5, 5.41) is 3.70. The molecule has 1 nitrogen and oxygen atoms in total. The van der Waals surface area contributed by atoms with Crippen molar-refractivity contribution in [3.8, 4) is 0 Å². The summed E-state index contributed by atoms with van der Waals surface area (Å²) < 4.78 is 1.17. The molecule has 0 radical (unpaired) electrons. The Bertz CT molecular complexity index is 360. The van der Waals surface area contributed by atoms with Gasteiger partial charge in [-0.2, -0.15) is 0 Å². The summed E-state index contributed by atoms with van der Waals surface area (Å²) >= 11 is 3.50.